The molecule has 0 radical (unpaired) electrons. The summed E-state index contributed by atoms with van der Waals surface area (Å²) >= 11 is 12.0. The lowest BCUT2D eigenvalue weighted by atomic mass is 10.2. The van der Waals surface area contributed by atoms with E-state index in [1.807, 2.05) is 31.0 Å². The average Bonchev–Trinajstić information content (AvgIpc) is 2.64. The molecule has 138 valence electrons. The first kappa shape index (κ1) is 18.8. The zero-order valence-electron chi connectivity index (χ0n) is 14.6. The van der Waals surface area contributed by atoms with E-state index in [1.165, 1.54) is 0 Å². The predicted octanol–water partition coefficient (Wildman–Crippen LogP) is 4.22. The second-order valence-corrected chi connectivity index (χ2v) is 7.00. The number of nitrogens with one attached hydrogen (secondary N) is 1. The highest BCUT2D eigenvalue weighted by Crippen LogP contribution is 2.32. The standard InChI is InChI=1S/C19H20Cl2N2O3/c1-12(23(2)11-13-3-5-15(20)16(21)9-13)19(24)22-14-4-6-17-18(10-14)26-8-7-25-17/h3-6,9-10,12H,7-8,11H2,1-2H3,(H,22,24)/t12-/m0/s1. The molecule has 0 aliphatic carbocycles. The number of hydrogen-bond donors (Lipinski definition) is 1. The first-order valence-corrected chi connectivity index (χ1v) is 9.04. The van der Waals surface area contributed by atoms with E-state index in [0.717, 1.165) is 5.56 Å². The van der Waals surface area contributed by atoms with Crippen LogP contribution in [0.4, 0.5) is 5.69 Å². The maximum Gasteiger partial charge on any atom is 0.241 e. The second-order valence-electron chi connectivity index (χ2n) is 6.19. The third kappa shape index (κ3) is 4.41. The number of likely N-dealkylation sites (N-methyl/N-ethyl adjacent to an activating group) is 1. The van der Waals surface area contributed by atoms with Crippen molar-refractivity contribution < 1.29 is 14.3 Å². The molecule has 0 bridgehead atoms. The van der Waals surface area contributed by atoms with Crippen LogP contribution in [0.2, 0.25) is 10.0 Å². The molecule has 1 heterocycles. The van der Waals surface area contributed by atoms with Gasteiger partial charge in [-0.1, -0.05) is 29.3 Å². The van der Waals surface area contributed by atoms with E-state index in [1.54, 1.807) is 24.3 Å². The van der Waals surface area contributed by atoms with Crippen LogP contribution in [0.1, 0.15) is 12.5 Å². The van der Waals surface area contributed by atoms with Crippen LogP contribution in [0.15, 0.2) is 36.4 Å². The predicted molar refractivity (Wildman–Crippen MR) is 103 cm³/mol. The summed E-state index contributed by atoms with van der Waals surface area (Å²) in [6.07, 6.45) is 0. The number of halogens is 2. The molecule has 1 aliphatic rings. The Morgan fingerprint density at radius 1 is 1.12 bits per heavy atom. The van der Waals surface area contributed by atoms with Crippen molar-refractivity contribution in [1.82, 2.24) is 4.90 Å². The number of carbonyl (C=O) groups excluding carboxylic acids is 1. The Morgan fingerprint density at radius 3 is 2.58 bits per heavy atom. The number of anilines is 1. The zero-order chi connectivity index (χ0) is 18.7. The normalized spacial score (nSPS) is 14.2. The van der Waals surface area contributed by atoms with Crippen molar-refractivity contribution in [2.24, 2.45) is 0 Å². The lowest BCUT2D eigenvalue weighted by Crippen LogP contribution is -2.39. The first-order chi connectivity index (χ1) is 12.4. The number of rotatable bonds is 5. The molecule has 0 unspecified atom stereocenters. The summed E-state index contributed by atoms with van der Waals surface area (Å²) in [5.41, 5.74) is 1.66. The van der Waals surface area contributed by atoms with E-state index >= 15 is 0 Å². The Bertz CT molecular complexity index is 813. The molecule has 0 fully saturated rings. The summed E-state index contributed by atoms with van der Waals surface area (Å²) in [5, 5.41) is 3.94. The van der Waals surface area contributed by atoms with E-state index in [2.05, 4.69) is 5.32 Å². The average molecular weight is 395 g/mol. The molecule has 3 rings (SSSR count). The maximum absolute atomic E-state index is 12.6. The highest BCUT2D eigenvalue weighted by Gasteiger charge is 2.20. The van der Waals surface area contributed by atoms with Crippen LogP contribution in [0.5, 0.6) is 11.5 Å². The Kier molecular flexibility index (Phi) is 5.91. The molecule has 5 nitrogen and oxygen atoms in total. The molecular weight excluding hydrogens is 375 g/mol. The molecule has 1 N–H and O–H groups in total. The fourth-order valence-corrected chi connectivity index (χ4v) is 2.95. The van der Waals surface area contributed by atoms with Crippen LogP contribution >= 0.6 is 23.2 Å². The third-order valence-corrected chi connectivity index (χ3v) is 5.01. The molecule has 0 aromatic heterocycles. The van der Waals surface area contributed by atoms with Crippen molar-refractivity contribution in [3.8, 4) is 11.5 Å². The Labute approximate surface area is 162 Å². The van der Waals surface area contributed by atoms with Gasteiger partial charge in [0.05, 0.1) is 16.1 Å². The highest BCUT2D eigenvalue weighted by atomic mass is 35.5. The summed E-state index contributed by atoms with van der Waals surface area (Å²) in [7, 11) is 1.89. The van der Waals surface area contributed by atoms with Crippen molar-refractivity contribution in [1.29, 1.82) is 0 Å². The molecule has 7 heteroatoms. The molecule has 26 heavy (non-hydrogen) atoms. The van der Waals surface area contributed by atoms with Crippen molar-refractivity contribution in [3.63, 3.8) is 0 Å². The number of fused-ring (bicyclic) bond motifs is 1. The van der Waals surface area contributed by atoms with Gasteiger partial charge in [0.2, 0.25) is 5.91 Å². The second kappa shape index (κ2) is 8.16. The largest absolute Gasteiger partial charge is 0.486 e. The smallest absolute Gasteiger partial charge is 0.241 e. The van der Waals surface area contributed by atoms with Gasteiger partial charge in [0, 0.05) is 18.3 Å². The summed E-state index contributed by atoms with van der Waals surface area (Å²) in [6, 6.07) is 10.5. The van der Waals surface area contributed by atoms with Crippen LogP contribution in [0.3, 0.4) is 0 Å². The minimum atomic E-state index is -0.336. The lowest BCUT2D eigenvalue weighted by molar-refractivity contribution is -0.120. The molecule has 2 aromatic rings. The molecule has 0 saturated carbocycles. The van der Waals surface area contributed by atoms with Crippen molar-refractivity contribution in [3.05, 3.63) is 52.0 Å². The number of amides is 1. The maximum atomic E-state index is 12.6. The van der Waals surface area contributed by atoms with E-state index < -0.39 is 0 Å². The molecular formula is C19H20Cl2N2O3. The van der Waals surface area contributed by atoms with Gasteiger partial charge in [0.1, 0.15) is 13.2 Å². The van der Waals surface area contributed by atoms with Crippen LogP contribution in [0.25, 0.3) is 0 Å². The zero-order valence-corrected chi connectivity index (χ0v) is 16.1. The van der Waals surface area contributed by atoms with Gasteiger partial charge in [-0.25, -0.2) is 0 Å². The summed E-state index contributed by atoms with van der Waals surface area (Å²) < 4.78 is 11.0. The summed E-state index contributed by atoms with van der Waals surface area (Å²) in [5.74, 6) is 1.23. The van der Waals surface area contributed by atoms with Crippen LogP contribution in [0, 0.1) is 0 Å². The van der Waals surface area contributed by atoms with Gasteiger partial charge in [-0.3, -0.25) is 9.69 Å². The fraction of sp³-hybridized carbons (Fsp3) is 0.316. The highest BCUT2D eigenvalue weighted by molar-refractivity contribution is 6.42. The minimum Gasteiger partial charge on any atom is -0.486 e. The molecule has 0 spiro atoms. The monoisotopic (exact) mass is 394 g/mol. The molecule has 1 atom stereocenters. The minimum absolute atomic E-state index is 0.107. The number of benzene rings is 2. The summed E-state index contributed by atoms with van der Waals surface area (Å²) in [6.45, 7) is 3.47. The topological polar surface area (TPSA) is 50.8 Å². The van der Waals surface area contributed by atoms with Crippen LogP contribution in [-0.2, 0) is 11.3 Å². The SMILES string of the molecule is C[C@@H](C(=O)Nc1ccc2c(c1)OCCO2)N(C)Cc1ccc(Cl)c(Cl)c1. The van der Waals surface area contributed by atoms with Gasteiger partial charge in [0.15, 0.2) is 11.5 Å². The number of carbonyl (C=O) groups is 1. The number of nitrogens with zero attached hydrogens (tertiary/aromatic N) is 1. The van der Waals surface area contributed by atoms with Gasteiger partial charge < -0.3 is 14.8 Å². The molecule has 2 aromatic carbocycles. The van der Waals surface area contributed by atoms with E-state index in [0.29, 0.717) is 47.0 Å². The number of ether oxygens (including phenoxy) is 2. The van der Waals surface area contributed by atoms with Gasteiger partial charge in [-0.2, -0.15) is 0 Å². The van der Waals surface area contributed by atoms with Gasteiger partial charge in [-0.05, 0) is 43.8 Å². The van der Waals surface area contributed by atoms with Gasteiger partial charge in [0.25, 0.3) is 0 Å². The Balaban J connectivity index is 1.62. The Morgan fingerprint density at radius 2 is 1.85 bits per heavy atom. The summed E-state index contributed by atoms with van der Waals surface area (Å²) in [4.78, 5) is 14.5. The third-order valence-electron chi connectivity index (χ3n) is 4.27. The van der Waals surface area contributed by atoms with E-state index in [9.17, 15) is 4.79 Å². The van der Waals surface area contributed by atoms with Gasteiger partial charge in [-0.15, -0.1) is 0 Å². The number of hydrogen-bond acceptors (Lipinski definition) is 4. The molecule has 0 saturated heterocycles. The van der Waals surface area contributed by atoms with Crippen molar-refractivity contribution in [2.75, 3.05) is 25.6 Å². The van der Waals surface area contributed by atoms with E-state index in [4.69, 9.17) is 32.7 Å². The van der Waals surface area contributed by atoms with Crippen LogP contribution in [-0.4, -0.2) is 37.1 Å². The van der Waals surface area contributed by atoms with Crippen molar-refractivity contribution in [2.45, 2.75) is 19.5 Å². The van der Waals surface area contributed by atoms with Gasteiger partial charge >= 0.3 is 0 Å². The Hall–Kier alpha value is -1.95. The van der Waals surface area contributed by atoms with Crippen molar-refractivity contribution >= 4 is 34.8 Å². The van der Waals surface area contributed by atoms with Crippen LogP contribution < -0.4 is 14.8 Å². The van der Waals surface area contributed by atoms with E-state index in [-0.39, 0.29) is 11.9 Å². The first-order valence-electron chi connectivity index (χ1n) is 8.28. The quantitative estimate of drug-likeness (QED) is 0.824. The lowest BCUT2D eigenvalue weighted by Gasteiger charge is -2.24. The molecule has 1 aliphatic heterocycles. The fourth-order valence-electron chi connectivity index (χ4n) is 2.63. The molecule has 1 amide bonds.